The number of hydrogen-bond acceptors (Lipinski definition) is 6. The molecular weight excluding hydrogens is 298 g/mol. The normalized spacial score (nSPS) is 16.6. The fourth-order valence-corrected chi connectivity index (χ4v) is 2.78. The van der Waals surface area contributed by atoms with Crippen LogP contribution in [-0.2, 0) is 0 Å². The van der Waals surface area contributed by atoms with Crippen molar-refractivity contribution in [1.29, 1.82) is 0 Å². The van der Waals surface area contributed by atoms with Crippen molar-refractivity contribution in [2.75, 3.05) is 33.4 Å². The molecule has 3 rings (SSSR count). The molecule has 0 saturated carbocycles. The van der Waals surface area contributed by atoms with Crippen LogP contribution in [0.25, 0.3) is 10.9 Å². The number of H-pyrrole nitrogens is 1. The summed E-state index contributed by atoms with van der Waals surface area (Å²) in [7, 11) is 1.54. The molecule has 0 radical (unpaired) electrons. The van der Waals surface area contributed by atoms with Gasteiger partial charge in [-0.3, -0.25) is 9.78 Å². The molecule has 1 fully saturated rings. The molecule has 2 heterocycles. The van der Waals surface area contributed by atoms with Gasteiger partial charge in [0.2, 0.25) is 0 Å². The fraction of sp³-hybridized carbons (Fsp3) is 0.500. The number of β-amino-alcohol motifs (C(OH)–C–C–N with tert-alkyl or cyclic N) is 1. The van der Waals surface area contributed by atoms with E-state index in [4.69, 9.17) is 9.47 Å². The average molecular weight is 319 g/mol. The number of aliphatic hydroxyl groups excluding tert-OH is 1. The summed E-state index contributed by atoms with van der Waals surface area (Å²) in [6.07, 6.45) is 1.75. The lowest BCUT2D eigenvalue weighted by atomic mass is 10.2. The second kappa shape index (κ2) is 6.97. The Morgan fingerprint density at radius 1 is 1.39 bits per heavy atom. The third-order valence-corrected chi connectivity index (χ3v) is 3.97. The molecule has 7 nitrogen and oxygen atoms in total. The van der Waals surface area contributed by atoms with Crippen molar-refractivity contribution < 1.29 is 14.6 Å². The summed E-state index contributed by atoms with van der Waals surface area (Å²) < 4.78 is 10.5. The zero-order valence-corrected chi connectivity index (χ0v) is 13.1. The van der Waals surface area contributed by atoms with Gasteiger partial charge >= 0.3 is 0 Å². The predicted octanol–water partition coefficient (Wildman–Crippen LogP) is 0.767. The number of benzene rings is 1. The molecule has 0 aliphatic carbocycles. The Morgan fingerprint density at radius 3 is 2.91 bits per heavy atom. The first kappa shape index (κ1) is 15.8. The maximum absolute atomic E-state index is 12.1. The van der Waals surface area contributed by atoms with Gasteiger partial charge < -0.3 is 19.5 Å². The van der Waals surface area contributed by atoms with E-state index in [1.807, 2.05) is 0 Å². The van der Waals surface area contributed by atoms with Gasteiger partial charge in [-0.15, -0.1) is 0 Å². The third-order valence-electron chi connectivity index (χ3n) is 3.97. The van der Waals surface area contributed by atoms with Crippen molar-refractivity contribution in [2.45, 2.75) is 18.9 Å². The monoisotopic (exact) mass is 319 g/mol. The minimum atomic E-state index is -0.607. The minimum Gasteiger partial charge on any atom is -0.497 e. The molecule has 124 valence electrons. The second-order valence-electron chi connectivity index (χ2n) is 5.73. The van der Waals surface area contributed by atoms with E-state index in [0.717, 1.165) is 13.1 Å². The van der Waals surface area contributed by atoms with Crippen LogP contribution in [0.15, 0.2) is 23.0 Å². The summed E-state index contributed by atoms with van der Waals surface area (Å²) in [4.78, 5) is 21.1. The topological polar surface area (TPSA) is 87.7 Å². The van der Waals surface area contributed by atoms with Gasteiger partial charge in [0.15, 0.2) is 0 Å². The number of rotatable bonds is 6. The molecule has 1 unspecified atom stereocenters. The van der Waals surface area contributed by atoms with E-state index in [9.17, 15) is 9.90 Å². The molecule has 2 aromatic rings. The molecule has 0 spiro atoms. The van der Waals surface area contributed by atoms with Crippen molar-refractivity contribution in [1.82, 2.24) is 14.9 Å². The quantitative estimate of drug-likeness (QED) is 0.817. The number of nitrogens with one attached hydrogen (secondary N) is 1. The molecule has 1 aliphatic heterocycles. The first-order chi connectivity index (χ1) is 11.2. The summed E-state index contributed by atoms with van der Waals surface area (Å²) in [5.74, 6) is 0.597. The maximum Gasteiger partial charge on any atom is 0.297 e. The summed E-state index contributed by atoms with van der Waals surface area (Å²) in [5.41, 5.74) is 0.233. The van der Waals surface area contributed by atoms with Crippen LogP contribution in [0, 0.1) is 0 Å². The Kier molecular flexibility index (Phi) is 4.78. The number of fused-ring (bicyclic) bond motifs is 1. The van der Waals surface area contributed by atoms with Crippen molar-refractivity contribution in [2.24, 2.45) is 0 Å². The summed E-state index contributed by atoms with van der Waals surface area (Å²) >= 11 is 0. The van der Waals surface area contributed by atoms with E-state index in [1.54, 1.807) is 25.3 Å². The molecule has 2 N–H and O–H groups in total. The van der Waals surface area contributed by atoms with Gasteiger partial charge in [0.05, 0.1) is 18.0 Å². The largest absolute Gasteiger partial charge is 0.497 e. The predicted molar refractivity (Wildman–Crippen MR) is 86.1 cm³/mol. The lowest BCUT2D eigenvalue weighted by Gasteiger charge is -2.19. The van der Waals surface area contributed by atoms with Crippen molar-refractivity contribution >= 4 is 10.9 Å². The van der Waals surface area contributed by atoms with Crippen LogP contribution in [0.3, 0.4) is 0 Å². The Bertz CT molecular complexity index is 725. The highest BCUT2D eigenvalue weighted by atomic mass is 16.5. The van der Waals surface area contributed by atoms with Gasteiger partial charge in [0.1, 0.15) is 18.5 Å². The highest BCUT2D eigenvalue weighted by Gasteiger charge is 2.16. The van der Waals surface area contributed by atoms with Crippen molar-refractivity contribution in [3.05, 3.63) is 28.6 Å². The summed E-state index contributed by atoms with van der Waals surface area (Å²) in [5, 5.41) is 10.5. The van der Waals surface area contributed by atoms with Crippen LogP contribution >= 0.6 is 0 Å². The lowest BCUT2D eigenvalue weighted by Crippen LogP contribution is -2.34. The number of likely N-dealkylation sites (tertiary alicyclic amines) is 1. The van der Waals surface area contributed by atoms with Crippen LogP contribution in [0.4, 0.5) is 0 Å². The number of hydrogen-bond donors (Lipinski definition) is 2. The van der Waals surface area contributed by atoms with E-state index >= 15 is 0 Å². The van der Waals surface area contributed by atoms with Crippen LogP contribution in [-0.4, -0.2) is 59.4 Å². The Hall–Kier alpha value is -2.12. The highest BCUT2D eigenvalue weighted by molar-refractivity contribution is 5.79. The average Bonchev–Trinajstić information content (AvgIpc) is 3.05. The molecule has 7 heteroatoms. The highest BCUT2D eigenvalue weighted by Crippen LogP contribution is 2.17. The Balaban J connectivity index is 1.67. The van der Waals surface area contributed by atoms with Gasteiger partial charge in [0, 0.05) is 6.54 Å². The van der Waals surface area contributed by atoms with Crippen LogP contribution < -0.4 is 15.0 Å². The standard InChI is InChI=1S/C16H21N3O4/c1-22-12-4-5-14-13(8-12)15(21)18-16(17-14)23-10-11(20)9-19-6-2-3-7-19/h4-5,8,11,20H,2-3,6-7,9-10H2,1H3,(H,17,18,21). The van der Waals surface area contributed by atoms with E-state index in [2.05, 4.69) is 14.9 Å². The first-order valence-electron chi connectivity index (χ1n) is 7.77. The van der Waals surface area contributed by atoms with Crippen molar-refractivity contribution in [3.63, 3.8) is 0 Å². The second-order valence-corrected chi connectivity index (χ2v) is 5.73. The molecule has 1 atom stereocenters. The van der Waals surface area contributed by atoms with Gasteiger partial charge in [-0.25, -0.2) is 0 Å². The third kappa shape index (κ3) is 3.80. The molecule has 0 bridgehead atoms. The van der Waals surface area contributed by atoms with Gasteiger partial charge in [-0.05, 0) is 44.1 Å². The van der Waals surface area contributed by atoms with Crippen LogP contribution in [0.2, 0.25) is 0 Å². The molecule has 1 aromatic carbocycles. The van der Waals surface area contributed by atoms with Crippen molar-refractivity contribution in [3.8, 4) is 11.8 Å². The van der Waals surface area contributed by atoms with Crippen LogP contribution in [0.5, 0.6) is 11.8 Å². The zero-order valence-electron chi connectivity index (χ0n) is 13.1. The van der Waals surface area contributed by atoms with Gasteiger partial charge in [-0.2, -0.15) is 4.98 Å². The molecule has 1 saturated heterocycles. The number of nitrogens with zero attached hydrogens (tertiary/aromatic N) is 2. The minimum absolute atomic E-state index is 0.0983. The van der Waals surface area contributed by atoms with E-state index in [-0.39, 0.29) is 18.2 Å². The molecule has 23 heavy (non-hydrogen) atoms. The molecule has 1 aliphatic rings. The van der Waals surface area contributed by atoms with E-state index in [1.165, 1.54) is 12.8 Å². The zero-order chi connectivity index (χ0) is 16.2. The number of aliphatic hydroxyl groups is 1. The number of ether oxygens (including phenoxy) is 2. The smallest absolute Gasteiger partial charge is 0.297 e. The SMILES string of the molecule is COc1ccc2nc(OCC(O)CN3CCCC3)[nH]c(=O)c2c1. The summed E-state index contributed by atoms with van der Waals surface area (Å²) in [6.45, 7) is 2.71. The lowest BCUT2D eigenvalue weighted by molar-refractivity contribution is 0.0720. The Morgan fingerprint density at radius 2 is 2.17 bits per heavy atom. The maximum atomic E-state index is 12.1. The first-order valence-corrected chi connectivity index (χ1v) is 7.77. The van der Waals surface area contributed by atoms with E-state index in [0.29, 0.717) is 23.2 Å². The number of aromatic amines is 1. The molecule has 0 amide bonds. The number of methoxy groups -OCH3 is 1. The molecule has 1 aromatic heterocycles. The van der Waals surface area contributed by atoms with Crippen LogP contribution in [0.1, 0.15) is 12.8 Å². The summed E-state index contributed by atoms with van der Waals surface area (Å²) in [6, 6.07) is 5.19. The number of aromatic nitrogens is 2. The van der Waals surface area contributed by atoms with Gasteiger partial charge in [-0.1, -0.05) is 0 Å². The van der Waals surface area contributed by atoms with E-state index < -0.39 is 6.10 Å². The van der Waals surface area contributed by atoms with Gasteiger partial charge in [0.25, 0.3) is 11.6 Å². The molecular formula is C16H21N3O4. The fourth-order valence-electron chi connectivity index (χ4n) is 2.78. The Labute approximate surface area is 133 Å².